The Morgan fingerprint density at radius 1 is 1.17 bits per heavy atom. The Hall–Kier alpha value is -3.20. The Labute approximate surface area is 178 Å². The zero-order chi connectivity index (χ0) is 21.7. The monoisotopic (exact) mass is 429 g/mol. The predicted octanol–water partition coefficient (Wildman–Crippen LogP) is 4.32. The molecule has 0 atom stereocenters. The van der Waals surface area contributed by atoms with Gasteiger partial charge in [-0.05, 0) is 50.1 Å². The summed E-state index contributed by atoms with van der Waals surface area (Å²) in [7, 11) is 0. The normalized spacial score (nSPS) is 10.7. The van der Waals surface area contributed by atoms with Gasteiger partial charge >= 0.3 is 5.97 Å². The molecule has 0 aliphatic carbocycles. The molecule has 0 bridgehead atoms. The van der Waals surface area contributed by atoms with Crippen LogP contribution in [-0.4, -0.2) is 28.6 Å². The number of aromatic nitrogens is 2. The highest BCUT2D eigenvalue weighted by Gasteiger charge is 2.23. The first-order valence-corrected chi connectivity index (χ1v) is 10.4. The van der Waals surface area contributed by atoms with Crippen LogP contribution in [0.5, 0.6) is 5.75 Å². The molecule has 158 valence electrons. The van der Waals surface area contributed by atoms with Crippen molar-refractivity contribution in [1.82, 2.24) is 10.1 Å². The third-order valence-corrected chi connectivity index (χ3v) is 5.39. The molecule has 1 amide bonds. The second-order valence-corrected chi connectivity index (χ2v) is 7.64. The Kier molecular flexibility index (Phi) is 6.83. The van der Waals surface area contributed by atoms with Crippen LogP contribution >= 0.6 is 11.3 Å². The quantitative estimate of drug-likeness (QED) is 0.532. The summed E-state index contributed by atoms with van der Waals surface area (Å²) in [6, 6.07) is 6.67. The van der Waals surface area contributed by atoms with E-state index in [0.29, 0.717) is 40.0 Å². The minimum atomic E-state index is -0.422. The Morgan fingerprint density at radius 3 is 2.50 bits per heavy atom. The summed E-state index contributed by atoms with van der Waals surface area (Å²) in [4.78, 5) is 30.2. The Bertz CT molecular complexity index is 1040. The first-order chi connectivity index (χ1) is 14.4. The molecule has 8 nitrogen and oxygen atoms in total. The Balaban J connectivity index is 1.70. The van der Waals surface area contributed by atoms with Gasteiger partial charge in [0.05, 0.1) is 12.2 Å². The summed E-state index contributed by atoms with van der Waals surface area (Å²) in [6.45, 7) is 7.80. The molecule has 9 heteroatoms. The number of ether oxygens (including phenoxy) is 2. The molecular weight excluding hydrogens is 406 g/mol. The van der Waals surface area contributed by atoms with Gasteiger partial charge in [-0.2, -0.15) is 4.98 Å². The lowest BCUT2D eigenvalue weighted by atomic mass is 10.1. The van der Waals surface area contributed by atoms with Crippen molar-refractivity contribution in [2.75, 3.05) is 11.9 Å². The summed E-state index contributed by atoms with van der Waals surface area (Å²) in [6.07, 6.45) is 0.679. The third-order valence-electron chi connectivity index (χ3n) is 4.32. The van der Waals surface area contributed by atoms with Gasteiger partial charge in [0.15, 0.2) is 6.61 Å². The fourth-order valence-electron chi connectivity index (χ4n) is 2.94. The number of carbonyl (C=O) groups excluding carboxylic acids is 2. The molecule has 0 saturated heterocycles. The fourth-order valence-corrected chi connectivity index (χ4v) is 4.07. The number of nitrogens with one attached hydrogen (secondary N) is 1. The van der Waals surface area contributed by atoms with Crippen LogP contribution in [0.15, 0.2) is 28.8 Å². The van der Waals surface area contributed by atoms with E-state index in [-0.39, 0.29) is 19.1 Å². The number of rotatable bonds is 8. The standard InChI is InChI=1S/C21H23N3O5S/c1-5-16-12(3)30-20(18(16)21(26)27-6-2)23-19(25)14-7-9-15(10-8-14)28-11-17-22-13(4)29-24-17/h7-10H,5-6,11H2,1-4H3,(H,23,25). The predicted molar refractivity (Wildman–Crippen MR) is 112 cm³/mol. The number of esters is 1. The van der Waals surface area contributed by atoms with Crippen LogP contribution in [0.4, 0.5) is 5.00 Å². The lowest BCUT2D eigenvalue weighted by Crippen LogP contribution is -2.15. The van der Waals surface area contributed by atoms with Crippen LogP contribution in [0.25, 0.3) is 0 Å². The van der Waals surface area contributed by atoms with Crippen molar-refractivity contribution in [3.63, 3.8) is 0 Å². The number of thiophene rings is 1. The highest BCUT2D eigenvalue weighted by Crippen LogP contribution is 2.34. The number of hydrogen-bond acceptors (Lipinski definition) is 8. The van der Waals surface area contributed by atoms with Crippen LogP contribution in [0, 0.1) is 13.8 Å². The number of aryl methyl sites for hydroxylation is 2. The van der Waals surface area contributed by atoms with Crippen LogP contribution in [0.2, 0.25) is 0 Å². The van der Waals surface area contributed by atoms with E-state index in [4.69, 9.17) is 14.0 Å². The number of amides is 1. The van der Waals surface area contributed by atoms with Gasteiger partial charge in [-0.15, -0.1) is 11.3 Å². The van der Waals surface area contributed by atoms with Crippen LogP contribution < -0.4 is 10.1 Å². The molecule has 0 saturated carbocycles. The zero-order valence-electron chi connectivity index (χ0n) is 17.3. The molecule has 0 aliphatic heterocycles. The minimum Gasteiger partial charge on any atom is -0.485 e. The molecule has 1 aromatic carbocycles. The van der Waals surface area contributed by atoms with Crippen LogP contribution in [0.3, 0.4) is 0 Å². The first kappa shape index (κ1) is 21.5. The number of nitrogens with zero attached hydrogens (tertiary/aromatic N) is 2. The number of hydrogen-bond donors (Lipinski definition) is 1. The van der Waals surface area contributed by atoms with E-state index in [1.165, 1.54) is 11.3 Å². The third kappa shape index (κ3) is 4.85. The number of carbonyl (C=O) groups is 2. The number of benzene rings is 1. The molecule has 0 aliphatic rings. The average Bonchev–Trinajstić information content (AvgIpc) is 3.28. The maximum Gasteiger partial charge on any atom is 0.341 e. The second-order valence-electron chi connectivity index (χ2n) is 6.41. The van der Waals surface area contributed by atoms with Gasteiger partial charge in [-0.1, -0.05) is 12.1 Å². The molecule has 3 aromatic rings. The summed E-state index contributed by atoms with van der Waals surface area (Å²) < 4.78 is 15.7. The lowest BCUT2D eigenvalue weighted by Gasteiger charge is -2.09. The van der Waals surface area contributed by atoms with Crippen molar-refractivity contribution in [1.29, 1.82) is 0 Å². The van der Waals surface area contributed by atoms with E-state index in [1.807, 2.05) is 13.8 Å². The molecule has 0 spiro atoms. The topological polar surface area (TPSA) is 104 Å². The second kappa shape index (κ2) is 9.53. The number of anilines is 1. The SMILES string of the molecule is CCOC(=O)c1c(NC(=O)c2ccc(OCc3noc(C)n3)cc2)sc(C)c1CC. The Morgan fingerprint density at radius 2 is 1.90 bits per heavy atom. The summed E-state index contributed by atoms with van der Waals surface area (Å²) >= 11 is 1.37. The molecule has 2 heterocycles. The highest BCUT2D eigenvalue weighted by molar-refractivity contribution is 7.16. The van der Waals surface area contributed by atoms with E-state index in [9.17, 15) is 9.59 Å². The molecule has 0 fully saturated rings. The molecule has 0 radical (unpaired) electrons. The maximum absolute atomic E-state index is 12.7. The van der Waals surface area contributed by atoms with Crippen molar-refractivity contribution in [2.24, 2.45) is 0 Å². The average molecular weight is 429 g/mol. The van der Waals surface area contributed by atoms with Gasteiger partial charge < -0.3 is 19.3 Å². The van der Waals surface area contributed by atoms with Crippen molar-refractivity contribution in [3.8, 4) is 5.75 Å². The van der Waals surface area contributed by atoms with Crippen molar-refractivity contribution >= 4 is 28.2 Å². The molecule has 30 heavy (non-hydrogen) atoms. The van der Waals surface area contributed by atoms with Gasteiger partial charge in [0.25, 0.3) is 5.91 Å². The maximum atomic E-state index is 12.7. The molecule has 2 aromatic heterocycles. The summed E-state index contributed by atoms with van der Waals surface area (Å²) in [5.74, 6) is 0.749. The molecule has 0 unspecified atom stereocenters. The van der Waals surface area contributed by atoms with E-state index in [2.05, 4.69) is 15.5 Å². The highest BCUT2D eigenvalue weighted by atomic mass is 32.1. The van der Waals surface area contributed by atoms with Gasteiger partial charge in [0.1, 0.15) is 10.8 Å². The van der Waals surface area contributed by atoms with E-state index >= 15 is 0 Å². The van der Waals surface area contributed by atoms with Crippen molar-refractivity contribution in [2.45, 2.75) is 40.7 Å². The fraction of sp³-hybridized carbons (Fsp3) is 0.333. The lowest BCUT2D eigenvalue weighted by molar-refractivity contribution is 0.0527. The first-order valence-electron chi connectivity index (χ1n) is 9.55. The van der Waals surface area contributed by atoms with Gasteiger partial charge in [-0.25, -0.2) is 4.79 Å². The van der Waals surface area contributed by atoms with E-state index < -0.39 is 5.97 Å². The largest absolute Gasteiger partial charge is 0.485 e. The van der Waals surface area contributed by atoms with Crippen molar-refractivity contribution < 1.29 is 23.6 Å². The van der Waals surface area contributed by atoms with Gasteiger partial charge in [0, 0.05) is 17.4 Å². The van der Waals surface area contributed by atoms with Gasteiger partial charge in [-0.3, -0.25) is 4.79 Å². The smallest absolute Gasteiger partial charge is 0.341 e. The molecular formula is C21H23N3O5S. The van der Waals surface area contributed by atoms with Crippen molar-refractivity contribution in [3.05, 3.63) is 57.5 Å². The summed E-state index contributed by atoms with van der Waals surface area (Å²) in [5, 5.41) is 7.11. The molecule has 3 rings (SSSR count). The van der Waals surface area contributed by atoms with Crippen LogP contribution in [0.1, 0.15) is 56.7 Å². The zero-order valence-corrected chi connectivity index (χ0v) is 18.1. The van der Waals surface area contributed by atoms with E-state index in [0.717, 1.165) is 10.4 Å². The van der Waals surface area contributed by atoms with E-state index in [1.54, 1.807) is 38.1 Å². The molecule has 1 N–H and O–H groups in total. The summed E-state index contributed by atoms with van der Waals surface area (Å²) in [5.41, 5.74) is 1.77. The van der Waals surface area contributed by atoms with Crippen LogP contribution in [-0.2, 0) is 17.8 Å². The van der Waals surface area contributed by atoms with Gasteiger partial charge in [0.2, 0.25) is 11.7 Å². The minimum absolute atomic E-state index is 0.167.